The van der Waals surface area contributed by atoms with Crippen LogP contribution in [0, 0.1) is 0 Å². The van der Waals surface area contributed by atoms with E-state index in [9.17, 15) is 29.7 Å². The second-order valence-corrected chi connectivity index (χ2v) is 10.2. The SMILES string of the molecule is CN1CCN(C)CCN(CC(Cc2ccc(N=C=S)cc2)N(CC(=O)O)CC(=O)O)CCN(CC(=O)O)CC1. The smallest absolute Gasteiger partial charge is 0.317 e. The summed E-state index contributed by atoms with van der Waals surface area (Å²) in [7, 11) is 4.08. The first-order valence-electron chi connectivity index (χ1n) is 12.9. The molecule has 1 saturated heterocycles. The number of carboxylic acids is 3. The average molecular weight is 565 g/mol. The van der Waals surface area contributed by atoms with Gasteiger partial charge in [0, 0.05) is 64.9 Å². The zero-order valence-electron chi connectivity index (χ0n) is 22.7. The van der Waals surface area contributed by atoms with Crippen molar-refractivity contribution in [3.8, 4) is 0 Å². The summed E-state index contributed by atoms with van der Waals surface area (Å²) < 4.78 is 0. The minimum Gasteiger partial charge on any atom is -0.480 e. The van der Waals surface area contributed by atoms with Crippen molar-refractivity contribution in [2.75, 3.05) is 92.6 Å². The van der Waals surface area contributed by atoms with Gasteiger partial charge in [-0.25, -0.2) is 0 Å². The van der Waals surface area contributed by atoms with Gasteiger partial charge in [-0.3, -0.25) is 29.1 Å². The Hall–Kier alpha value is -2.77. The van der Waals surface area contributed by atoms with Gasteiger partial charge in [0.25, 0.3) is 0 Å². The van der Waals surface area contributed by atoms with Gasteiger partial charge in [-0.15, -0.1) is 0 Å². The lowest BCUT2D eigenvalue weighted by molar-refractivity contribution is -0.143. The molecule has 1 atom stereocenters. The summed E-state index contributed by atoms with van der Waals surface area (Å²) in [6.45, 7) is 5.15. The lowest BCUT2D eigenvalue weighted by atomic mass is 10.0. The molecule has 3 N–H and O–H groups in total. The van der Waals surface area contributed by atoms with Crippen molar-refractivity contribution in [3.05, 3.63) is 29.8 Å². The number of nitrogens with zero attached hydrogens (tertiary/aromatic N) is 6. The molecule has 1 heterocycles. The molecule has 0 spiro atoms. The quantitative estimate of drug-likeness (QED) is 0.239. The first-order valence-corrected chi connectivity index (χ1v) is 13.3. The molecule has 1 aliphatic rings. The van der Waals surface area contributed by atoms with E-state index in [-0.39, 0.29) is 6.54 Å². The van der Waals surface area contributed by atoms with Gasteiger partial charge < -0.3 is 25.1 Å². The Labute approximate surface area is 235 Å². The number of thiocarbonyl (C=S) groups is 1. The van der Waals surface area contributed by atoms with Crippen molar-refractivity contribution in [2.24, 2.45) is 4.99 Å². The maximum absolute atomic E-state index is 11.7. The first kappa shape index (κ1) is 32.4. The Bertz CT molecular complexity index is 974. The number of rotatable bonds is 12. The molecule has 0 radical (unpaired) electrons. The van der Waals surface area contributed by atoms with E-state index in [1.807, 2.05) is 24.1 Å². The minimum atomic E-state index is -1.10. The fourth-order valence-corrected chi connectivity index (χ4v) is 4.63. The number of likely N-dealkylation sites (N-methyl/N-ethyl adjacent to an activating group) is 2. The van der Waals surface area contributed by atoms with Crippen LogP contribution >= 0.6 is 12.2 Å². The highest BCUT2D eigenvalue weighted by Gasteiger charge is 2.26. The van der Waals surface area contributed by atoms with Crippen molar-refractivity contribution < 1.29 is 29.7 Å². The summed E-state index contributed by atoms with van der Waals surface area (Å²) in [6.07, 6.45) is 0.429. The van der Waals surface area contributed by atoms with E-state index in [1.54, 1.807) is 12.1 Å². The molecule has 12 nitrogen and oxygen atoms in total. The Morgan fingerprint density at radius 2 is 1.33 bits per heavy atom. The van der Waals surface area contributed by atoms with Gasteiger partial charge in [0.2, 0.25) is 0 Å². The molecule has 0 aliphatic carbocycles. The molecule has 2 rings (SSSR count). The lowest BCUT2D eigenvalue weighted by Crippen LogP contribution is -2.52. The Kier molecular flexibility index (Phi) is 14.2. The number of hydrogen-bond acceptors (Lipinski definition) is 10. The summed E-state index contributed by atoms with van der Waals surface area (Å²) in [5.41, 5.74) is 1.56. The van der Waals surface area contributed by atoms with E-state index in [0.717, 1.165) is 31.7 Å². The van der Waals surface area contributed by atoms with Gasteiger partial charge in [0.05, 0.1) is 30.5 Å². The second kappa shape index (κ2) is 17.0. The van der Waals surface area contributed by atoms with Crippen molar-refractivity contribution in [2.45, 2.75) is 12.5 Å². The Morgan fingerprint density at radius 3 is 1.85 bits per heavy atom. The zero-order valence-corrected chi connectivity index (χ0v) is 23.6. The molecule has 216 valence electrons. The number of carbonyl (C=O) groups is 3. The van der Waals surface area contributed by atoms with Crippen LogP contribution in [0.3, 0.4) is 0 Å². The fraction of sp³-hybridized carbons (Fsp3) is 0.615. The monoisotopic (exact) mass is 564 g/mol. The van der Waals surface area contributed by atoms with Crippen LogP contribution in [0.1, 0.15) is 5.56 Å². The maximum atomic E-state index is 11.7. The van der Waals surface area contributed by atoms with Crippen LogP contribution in [0.25, 0.3) is 0 Å². The second-order valence-electron chi connectivity index (χ2n) is 10.00. The molecule has 1 aromatic rings. The van der Waals surface area contributed by atoms with Crippen LogP contribution in [0.15, 0.2) is 29.3 Å². The summed E-state index contributed by atoms with van der Waals surface area (Å²) in [5.74, 6) is -3.08. The van der Waals surface area contributed by atoms with Crippen molar-refractivity contribution >= 4 is 41.0 Å². The van der Waals surface area contributed by atoms with Crippen LogP contribution in [-0.2, 0) is 20.8 Å². The number of hydrogen-bond donors (Lipinski definition) is 3. The molecule has 0 aromatic heterocycles. The summed E-state index contributed by atoms with van der Waals surface area (Å²) >= 11 is 4.66. The number of carboxylic acid groups (broad SMARTS) is 3. The van der Waals surface area contributed by atoms with Gasteiger partial charge in [-0.1, -0.05) is 12.1 Å². The van der Waals surface area contributed by atoms with Crippen molar-refractivity contribution in [1.82, 2.24) is 24.5 Å². The molecule has 13 heteroatoms. The van der Waals surface area contributed by atoms with E-state index < -0.39 is 37.0 Å². The highest BCUT2D eigenvalue weighted by Crippen LogP contribution is 2.17. The Morgan fingerprint density at radius 1 is 0.846 bits per heavy atom. The van der Waals surface area contributed by atoms with Crippen LogP contribution in [0.4, 0.5) is 5.69 Å². The van der Waals surface area contributed by atoms with Crippen LogP contribution in [0.5, 0.6) is 0 Å². The Balaban J connectivity index is 2.31. The summed E-state index contributed by atoms with van der Waals surface area (Å²) in [4.78, 5) is 48.8. The number of benzene rings is 1. The van der Waals surface area contributed by atoms with Crippen LogP contribution < -0.4 is 0 Å². The molecule has 1 aliphatic heterocycles. The lowest BCUT2D eigenvalue weighted by Gasteiger charge is -2.36. The van der Waals surface area contributed by atoms with E-state index >= 15 is 0 Å². The topological polar surface area (TPSA) is 140 Å². The third-order valence-corrected chi connectivity index (χ3v) is 6.89. The molecule has 0 saturated carbocycles. The van der Waals surface area contributed by atoms with Gasteiger partial charge >= 0.3 is 17.9 Å². The van der Waals surface area contributed by atoms with E-state index in [4.69, 9.17) is 0 Å². The van der Waals surface area contributed by atoms with E-state index in [0.29, 0.717) is 44.8 Å². The van der Waals surface area contributed by atoms with Gasteiger partial charge in [-0.2, -0.15) is 4.99 Å². The van der Waals surface area contributed by atoms with Crippen LogP contribution in [-0.4, -0.2) is 162 Å². The highest BCUT2D eigenvalue weighted by molar-refractivity contribution is 7.78. The minimum absolute atomic E-state index is 0.0638. The van der Waals surface area contributed by atoms with Gasteiger partial charge in [-0.05, 0) is 50.4 Å². The molecule has 1 aromatic carbocycles. The normalized spacial score (nSPS) is 18.0. The molecular weight excluding hydrogens is 524 g/mol. The van der Waals surface area contributed by atoms with Crippen molar-refractivity contribution in [1.29, 1.82) is 0 Å². The number of isothiocyanates is 1. The van der Waals surface area contributed by atoms with Gasteiger partial charge in [0.1, 0.15) is 0 Å². The van der Waals surface area contributed by atoms with Gasteiger partial charge in [0.15, 0.2) is 0 Å². The van der Waals surface area contributed by atoms with Crippen molar-refractivity contribution in [3.63, 3.8) is 0 Å². The van der Waals surface area contributed by atoms with E-state index in [2.05, 4.69) is 44.1 Å². The number of aliphatic carboxylic acids is 3. The maximum Gasteiger partial charge on any atom is 0.317 e. The molecule has 1 fully saturated rings. The third kappa shape index (κ3) is 13.2. The van der Waals surface area contributed by atoms with E-state index in [1.165, 1.54) is 4.90 Å². The third-order valence-electron chi connectivity index (χ3n) is 6.80. The fourth-order valence-electron chi connectivity index (χ4n) is 4.53. The standard InChI is InChI=1S/C26H40N6O6S/c1-28-7-8-29(2)10-12-31(17-24(33)34)14-13-30(11-9-28)16-23(32(18-25(35)36)19-26(37)38)15-21-3-5-22(6-4-21)27-20-39/h3-6,23H,7-19H2,1-2H3,(H,33,34)(H,35,36)(H,37,38). The number of aliphatic imine (C=N–C) groups is 1. The molecule has 39 heavy (non-hydrogen) atoms. The molecular formula is C26H40N6O6S. The predicted octanol–water partition coefficient (Wildman–Crippen LogP) is 0.369. The molecule has 0 amide bonds. The first-order chi connectivity index (χ1) is 18.5. The highest BCUT2D eigenvalue weighted by atomic mass is 32.1. The summed E-state index contributed by atoms with van der Waals surface area (Å²) in [6, 6.07) is 6.91. The molecule has 0 bridgehead atoms. The zero-order chi connectivity index (χ0) is 28.8. The molecule has 1 unspecified atom stereocenters. The largest absolute Gasteiger partial charge is 0.480 e. The predicted molar refractivity (Wildman–Crippen MR) is 151 cm³/mol. The summed E-state index contributed by atoms with van der Waals surface area (Å²) in [5, 5.41) is 30.8. The van der Waals surface area contributed by atoms with Crippen LogP contribution in [0.2, 0.25) is 0 Å². The average Bonchev–Trinajstić information content (AvgIpc) is 2.86.